The molecule has 0 saturated carbocycles. The summed E-state index contributed by atoms with van der Waals surface area (Å²) in [6.45, 7) is 5.37. The van der Waals surface area contributed by atoms with Crippen molar-refractivity contribution in [2.24, 2.45) is 0 Å². The molecule has 1 N–H and O–H groups in total. The van der Waals surface area contributed by atoms with Gasteiger partial charge in [0.15, 0.2) is 5.76 Å². The minimum absolute atomic E-state index is 0.170. The standard InChI is InChI=1S/C26H21NO4.C2H4O2/c1-15(2)17-5-3-16(4-6-17)13-22-25(29)19-7-8-21-24(26(19)31-22)20(14-23(28)30-21)18-9-11-27-12-10-18;1-2(3)4/h3-13,15,20H,14H2,1-2H3;1H3,(H,3,4). The molecule has 5 rings (SSSR count). The molecule has 1 unspecified atom stereocenters. The first-order valence-corrected chi connectivity index (χ1v) is 11.3. The van der Waals surface area contributed by atoms with Crippen molar-refractivity contribution < 1.29 is 29.0 Å². The van der Waals surface area contributed by atoms with E-state index in [-0.39, 0.29) is 29.9 Å². The highest BCUT2D eigenvalue weighted by Gasteiger charge is 2.38. The van der Waals surface area contributed by atoms with Gasteiger partial charge >= 0.3 is 5.97 Å². The number of Topliss-reactive ketones (excluding diaryl/α,β-unsaturated/α-hetero) is 1. The molecule has 1 aromatic heterocycles. The van der Waals surface area contributed by atoms with E-state index in [0.29, 0.717) is 23.0 Å². The van der Waals surface area contributed by atoms with Gasteiger partial charge in [-0.3, -0.25) is 19.4 Å². The van der Waals surface area contributed by atoms with Crippen LogP contribution < -0.4 is 9.47 Å². The number of hydrogen-bond acceptors (Lipinski definition) is 6. The highest BCUT2D eigenvalue weighted by atomic mass is 16.5. The Morgan fingerprint density at radius 1 is 1.03 bits per heavy atom. The van der Waals surface area contributed by atoms with Gasteiger partial charge in [-0.1, -0.05) is 38.1 Å². The van der Waals surface area contributed by atoms with E-state index in [1.807, 2.05) is 24.3 Å². The number of hydrogen-bond donors (Lipinski definition) is 1. The van der Waals surface area contributed by atoms with Crippen LogP contribution in [0.5, 0.6) is 11.5 Å². The fourth-order valence-electron chi connectivity index (χ4n) is 4.12. The van der Waals surface area contributed by atoms with Gasteiger partial charge in [0.1, 0.15) is 11.5 Å². The lowest BCUT2D eigenvalue weighted by molar-refractivity contribution is -0.136. The van der Waals surface area contributed by atoms with E-state index in [1.165, 1.54) is 5.56 Å². The summed E-state index contributed by atoms with van der Waals surface area (Å²) in [7, 11) is 0. The number of carboxylic acids is 1. The Kier molecular flexibility index (Phi) is 6.78. The summed E-state index contributed by atoms with van der Waals surface area (Å²) in [5, 5.41) is 7.42. The van der Waals surface area contributed by atoms with E-state index in [1.54, 1.807) is 30.6 Å². The van der Waals surface area contributed by atoms with Crippen LogP contribution in [-0.4, -0.2) is 27.8 Å². The Bertz CT molecular complexity index is 1310. The second kappa shape index (κ2) is 9.93. The summed E-state index contributed by atoms with van der Waals surface area (Å²) in [5.41, 5.74) is 4.28. The van der Waals surface area contributed by atoms with Crippen molar-refractivity contribution in [3.8, 4) is 11.5 Å². The predicted molar refractivity (Wildman–Crippen MR) is 130 cm³/mol. The second-order valence-electron chi connectivity index (χ2n) is 8.65. The number of carboxylic acid groups (broad SMARTS) is 1. The number of fused-ring (bicyclic) bond motifs is 3. The number of nitrogens with zero attached hydrogens (tertiary/aromatic N) is 1. The maximum Gasteiger partial charge on any atom is 0.312 e. The van der Waals surface area contributed by atoms with Crippen molar-refractivity contribution in [3.63, 3.8) is 0 Å². The number of pyridine rings is 1. The van der Waals surface area contributed by atoms with Gasteiger partial charge in [0.25, 0.3) is 5.97 Å². The fourth-order valence-corrected chi connectivity index (χ4v) is 4.12. The Morgan fingerprint density at radius 3 is 2.31 bits per heavy atom. The zero-order chi connectivity index (χ0) is 25.1. The molecule has 3 heterocycles. The molecule has 7 heteroatoms. The zero-order valence-corrected chi connectivity index (χ0v) is 19.6. The van der Waals surface area contributed by atoms with Crippen molar-refractivity contribution >= 4 is 23.8 Å². The number of benzene rings is 2. The molecule has 3 aromatic rings. The monoisotopic (exact) mass is 471 g/mol. The van der Waals surface area contributed by atoms with Crippen molar-refractivity contribution in [2.75, 3.05) is 0 Å². The van der Waals surface area contributed by atoms with Gasteiger partial charge in [-0.25, -0.2) is 0 Å². The summed E-state index contributed by atoms with van der Waals surface area (Å²) in [4.78, 5) is 38.3. The number of carbonyl (C=O) groups is 3. The van der Waals surface area contributed by atoms with E-state index >= 15 is 0 Å². The third-order valence-corrected chi connectivity index (χ3v) is 5.79. The number of carbonyl (C=O) groups excluding carboxylic acids is 2. The molecule has 35 heavy (non-hydrogen) atoms. The first kappa shape index (κ1) is 23.9. The van der Waals surface area contributed by atoms with Crippen LogP contribution in [0.25, 0.3) is 6.08 Å². The van der Waals surface area contributed by atoms with E-state index in [4.69, 9.17) is 19.4 Å². The third-order valence-electron chi connectivity index (χ3n) is 5.79. The lowest BCUT2D eigenvalue weighted by Crippen LogP contribution is -2.21. The average molecular weight is 472 g/mol. The Morgan fingerprint density at radius 2 is 1.69 bits per heavy atom. The predicted octanol–water partition coefficient (Wildman–Crippen LogP) is 5.35. The van der Waals surface area contributed by atoms with Crippen LogP contribution in [0.2, 0.25) is 0 Å². The van der Waals surface area contributed by atoms with Gasteiger partial charge in [0, 0.05) is 30.8 Å². The number of allylic oxidation sites excluding steroid dienone is 1. The minimum atomic E-state index is -0.833. The maximum absolute atomic E-state index is 13.1. The number of aromatic nitrogens is 1. The SMILES string of the molecule is CC(=O)O.CC(C)c1ccc(C=C2Oc3c(ccc4c3C(c3ccncc3)CC(=O)O4)C2=O)cc1. The average Bonchev–Trinajstić information content (AvgIpc) is 3.14. The van der Waals surface area contributed by atoms with Crippen molar-refractivity contribution in [2.45, 2.75) is 39.0 Å². The fraction of sp³-hybridized carbons (Fsp3) is 0.214. The molecule has 0 fully saturated rings. The molecular formula is C28H25NO6. The zero-order valence-electron chi connectivity index (χ0n) is 19.6. The van der Waals surface area contributed by atoms with Crippen molar-refractivity contribution in [1.82, 2.24) is 4.98 Å². The molecule has 2 aromatic carbocycles. The molecule has 178 valence electrons. The first-order valence-electron chi connectivity index (χ1n) is 11.3. The highest BCUT2D eigenvalue weighted by molar-refractivity contribution is 6.15. The first-order chi connectivity index (χ1) is 16.7. The van der Waals surface area contributed by atoms with Gasteiger partial charge in [-0.05, 0) is 52.9 Å². The molecule has 0 aliphatic carbocycles. The Hall–Kier alpha value is -4.26. The number of aliphatic carboxylic acids is 1. The lowest BCUT2D eigenvalue weighted by Gasteiger charge is -2.26. The number of rotatable bonds is 3. The lowest BCUT2D eigenvalue weighted by atomic mass is 9.85. The van der Waals surface area contributed by atoms with E-state index in [9.17, 15) is 9.59 Å². The van der Waals surface area contributed by atoms with Gasteiger partial charge in [-0.15, -0.1) is 0 Å². The molecule has 1 atom stereocenters. The van der Waals surface area contributed by atoms with Crippen LogP contribution >= 0.6 is 0 Å². The smallest absolute Gasteiger partial charge is 0.312 e. The molecule has 0 saturated heterocycles. The van der Waals surface area contributed by atoms with E-state index in [2.05, 4.69) is 31.0 Å². The maximum atomic E-state index is 13.1. The molecule has 0 bridgehead atoms. The van der Waals surface area contributed by atoms with Crippen LogP contribution in [0.15, 0.2) is 66.7 Å². The highest BCUT2D eigenvalue weighted by Crippen LogP contribution is 2.48. The van der Waals surface area contributed by atoms with Crippen LogP contribution in [0.1, 0.15) is 71.6 Å². The molecule has 7 nitrogen and oxygen atoms in total. The van der Waals surface area contributed by atoms with Crippen LogP contribution in [0.4, 0.5) is 0 Å². The summed E-state index contributed by atoms with van der Waals surface area (Å²) in [6, 6.07) is 15.2. The minimum Gasteiger partial charge on any atom is -0.481 e. The quantitative estimate of drug-likeness (QED) is 0.312. The van der Waals surface area contributed by atoms with Crippen molar-refractivity contribution in [1.29, 1.82) is 0 Å². The van der Waals surface area contributed by atoms with Crippen LogP contribution in [0.3, 0.4) is 0 Å². The number of ketones is 1. The number of esters is 1. The van der Waals surface area contributed by atoms with Gasteiger partial charge in [0.2, 0.25) is 5.78 Å². The van der Waals surface area contributed by atoms with Crippen molar-refractivity contribution in [3.05, 3.63) is 94.5 Å². The van der Waals surface area contributed by atoms with E-state index in [0.717, 1.165) is 23.6 Å². The number of ether oxygens (including phenoxy) is 2. The summed E-state index contributed by atoms with van der Waals surface area (Å²) in [6.07, 6.45) is 5.32. The van der Waals surface area contributed by atoms with E-state index < -0.39 is 5.97 Å². The topological polar surface area (TPSA) is 103 Å². The third kappa shape index (κ3) is 5.14. The van der Waals surface area contributed by atoms with Crippen LogP contribution in [-0.2, 0) is 9.59 Å². The Labute approximate surface area is 203 Å². The van der Waals surface area contributed by atoms with Gasteiger partial charge < -0.3 is 14.6 Å². The largest absolute Gasteiger partial charge is 0.481 e. The normalized spacial score (nSPS) is 17.1. The van der Waals surface area contributed by atoms with Crippen LogP contribution in [0, 0.1) is 0 Å². The summed E-state index contributed by atoms with van der Waals surface area (Å²) < 4.78 is 11.6. The molecule has 2 aliphatic heterocycles. The Balaban J connectivity index is 0.000000672. The molecule has 0 radical (unpaired) electrons. The molecule has 2 aliphatic rings. The molecule has 0 spiro atoms. The summed E-state index contributed by atoms with van der Waals surface area (Å²) in [5.74, 6) is 0.0529. The summed E-state index contributed by atoms with van der Waals surface area (Å²) >= 11 is 0. The van der Waals surface area contributed by atoms with Gasteiger partial charge in [-0.2, -0.15) is 0 Å². The second-order valence-corrected chi connectivity index (χ2v) is 8.65. The molecule has 0 amide bonds. The van der Waals surface area contributed by atoms with Gasteiger partial charge in [0.05, 0.1) is 12.0 Å². The molecular weight excluding hydrogens is 446 g/mol.